The average Bonchev–Trinajstić information content (AvgIpc) is 3.40. The molecule has 45 heavy (non-hydrogen) atoms. The molecule has 1 aromatic carbocycles. The van der Waals surface area contributed by atoms with Crippen LogP contribution in [0.25, 0.3) is 0 Å². The summed E-state index contributed by atoms with van der Waals surface area (Å²) in [6.45, 7) is 5.44. The van der Waals surface area contributed by atoms with E-state index in [1.54, 1.807) is 45.6 Å². The van der Waals surface area contributed by atoms with Crippen LogP contribution in [0.1, 0.15) is 43.5 Å². The highest BCUT2D eigenvalue weighted by molar-refractivity contribution is 5.89. The first-order valence-electron chi connectivity index (χ1n) is 16.2. The third kappa shape index (κ3) is 3.66. The van der Waals surface area contributed by atoms with Gasteiger partial charge in [-0.15, -0.1) is 0 Å². The molecule has 2 N–H and O–H groups in total. The van der Waals surface area contributed by atoms with Crippen LogP contribution in [0, 0.1) is 34.5 Å². The molecule has 6 aliphatic rings. The molecule has 0 radical (unpaired) electrons. The summed E-state index contributed by atoms with van der Waals surface area (Å²) in [4.78, 5) is 29.4. The highest BCUT2D eigenvalue weighted by Crippen LogP contribution is 2.80. The van der Waals surface area contributed by atoms with E-state index < -0.39 is 64.8 Å². The number of hydrogen-bond acceptors (Lipinski definition) is 11. The number of carbonyl (C=O) groups is 2. The lowest BCUT2D eigenvalue weighted by Gasteiger charge is -2.69. The summed E-state index contributed by atoms with van der Waals surface area (Å²) in [6, 6.07) is 8.42. The van der Waals surface area contributed by atoms with Gasteiger partial charge in [0.05, 0.1) is 24.4 Å². The smallest absolute Gasteiger partial charge is 0.338 e. The summed E-state index contributed by atoms with van der Waals surface area (Å²) in [5.41, 5.74) is -3.92. The second kappa shape index (κ2) is 10.7. The number of nitrogens with zero attached hydrogens (tertiary/aromatic N) is 1. The third-order valence-corrected chi connectivity index (χ3v) is 13.0. The normalized spacial score (nSPS) is 49.1. The fraction of sp³-hybridized carbons (Fsp3) is 0.765. The first-order valence-corrected chi connectivity index (χ1v) is 16.2. The molecule has 1 aliphatic heterocycles. The van der Waals surface area contributed by atoms with Crippen molar-refractivity contribution in [3.05, 3.63) is 35.9 Å². The number of fused-ring (bicyclic) bond motifs is 2. The van der Waals surface area contributed by atoms with Crippen LogP contribution in [0.5, 0.6) is 0 Å². The monoisotopic (exact) mass is 629 g/mol. The Hall–Kier alpha value is -2.12. The van der Waals surface area contributed by atoms with Crippen molar-refractivity contribution in [2.75, 3.05) is 48.1 Å². The molecule has 11 heteroatoms. The third-order valence-electron chi connectivity index (χ3n) is 13.0. The van der Waals surface area contributed by atoms with Crippen molar-refractivity contribution < 1.29 is 48.2 Å². The van der Waals surface area contributed by atoms with Gasteiger partial charge >= 0.3 is 11.9 Å². The summed E-state index contributed by atoms with van der Waals surface area (Å²) in [7, 11) is 6.59. The topological polar surface area (TPSA) is 133 Å². The Labute approximate surface area is 264 Å². The molecule has 1 unspecified atom stereocenters. The van der Waals surface area contributed by atoms with Crippen molar-refractivity contribution in [1.82, 2.24) is 4.90 Å². The summed E-state index contributed by atoms with van der Waals surface area (Å²) in [5, 5.41) is 25.3. The van der Waals surface area contributed by atoms with Crippen LogP contribution in [0.2, 0.25) is 0 Å². The second-order valence-electron chi connectivity index (χ2n) is 14.3. The van der Waals surface area contributed by atoms with E-state index in [-0.39, 0.29) is 35.8 Å². The Kier molecular flexibility index (Phi) is 7.48. The van der Waals surface area contributed by atoms with Crippen molar-refractivity contribution in [1.29, 1.82) is 0 Å². The molecule has 1 spiro atoms. The molecule has 11 nitrogen and oxygen atoms in total. The molecule has 5 saturated carbocycles. The summed E-state index contributed by atoms with van der Waals surface area (Å²) in [6.07, 6.45) is -2.64. The number of likely N-dealkylation sites (tertiary alicyclic amines) is 1. The molecule has 1 aromatic rings. The minimum Gasteiger partial charge on any atom is -0.455 e. The van der Waals surface area contributed by atoms with E-state index in [2.05, 4.69) is 11.8 Å². The molecule has 14 atom stereocenters. The van der Waals surface area contributed by atoms with Gasteiger partial charge in [0, 0.05) is 76.5 Å². The zero-order chi connectivity index (χ0) is 32.1. The maximum absolute atomic E-state index is 13.7. The molecule has 7 rings (SSSR count). The quantitative estimate of drug-likeness (QED) is 0.387. The standard InChI is InChI=1S/C34H47NO10/c1-7-35-16-31(17-40-3)14-13-21(41-4)33-20-15-32(39)28(44-30(38)19-11-9-8-10-12-19)22(20)34(45-18(2)36,27(37)29(32)43-6)23(26(33)35)24(42-5)25(31)33/h8-12,20-29,37,39H,7,13-17H2,1-6H3/t20-,21+,22-,23?,24+,25-,26+,27+,28-,29+,31+,32-,33+,34-/m1/s1. The SMILES string of the molecule is CCN1C[C@]2(COC)CC[C@H](OC)[C@]34[C@@H]5C[C@@]6(O)[C@H](OC(=O)c7ccccc7)[C@@H]5[C@@](OC(C)=O)(C([C@H]13)[C@H](OC)[C@H]24)[C@@H](O)[C@@H]6OC. The van der Waals surface area contributed by atoms with Crippen LogP contribution >= 0.6 is 0 Å². The zero-order valence-electron chi connectivity index (χ0n) is 27.0. The van der Waals surface area contributed by atoms with E-state index in [4.69, 9.17) is 28.4 Å². The average molecular weight is 630 g/mol. The fourth-order valence-electron chi connectivity index (χ4n) is 12.4. The highest BCUT2D eigenvalue weighted by Gasteiger charge is 2.91. The predicted molar refractivity (Wildman–Crippen MR) is 159 cm³/mol. The maximum atomic E-state index is 13.7. The Morgan fingerprint density at radius 3 is 2.36 bits per heavy atom. The van der Waals surface area contributed by atoms with E-state index in [0.29, 0.717) is 18.7 Å². The minimum absolute atomic E-state index is 0.101. The minimum atomic E-state index is -1.76. The van der Waals surface area contributed by atoms with E-state index in [1.807, 2.05) is 6.07 Å². The van der Waals surface area contributed by atoms with Crippen molar-refractivity contribution >= 4 is 11.9 Å². The van der Waals surface area contributed by atoms with Crippen LogP contribution < -0.4 is 0 Å². The molecular weight excluding hydrogens is 582 g/mol. The molecule has 6 fully saturated rings. The lowest BCUT2D eigenvalue weighted by Crippen LogP contribution is -2.80. The van der Waals surface area contributed by atoms with Gasteiger partial charge in [-0.25, -0.2) is 4.79 Å². The van der Waals surface area contributed by atoms with Crippen LogP contribution in [0.15, 0.2) is 30.3 Å². The molecule has 1 heterocycles. The summed E-state index contributed by atoms with van der Waals surface area (Å²) < 4.78 is 37.7. The van der Waals surface area contributed by atoms with Gasteiger partial charge in [-0.05, 0) is 43.9 Å². The molecule has 5 aliphatic carbocycles. The lowest BCUT2D eigenvalue weighted by molar-refractivity contribution is -0.317. The molecule has 248 valence electrons. The van der Waals surface area contributed by atoms with Gasteiger partial charge in [-0.3, -0.25) is 9.69 Å². The largest absolute Gasteiger partial charge is 0.455 e. The first-order chi connectivity index (χ1) is 21.6. The first kappa shape index (κ1) is 31.5. The Morgan fingerprint density at radius 1 is 1.02 bits per heavy atom. The number of aliphatic hydroxyl groups excluding tert-OH is 1. The number of rotatable bonds is 9. The molecule has 7 bridgehead atoms. The van der Waals surface area contributed by atoms with Gasteiger partial charge in [0.15, 0.2) is 5.60 Å². The van der Waals surface area contributed by atoms with Gasteiger partial charge in [0.1, 0.15) is 23.9 Å². The number of methoxy groups -OCH3 is 4. The molecular formula is C34H47NO10. The number of carbonyl (C=O) groups excluding carboxylic acids is 2. The number of esters is 2. The summed E-state index contributed by atoms with van der Waals surface area (Å²) >= 11 is 0. The van der Waals surface area contributed by atoms with Crippen molar-refractivity contribution in [3.63, 3.8) is 0 Å². The van der Waals surface area contributed by atoms with Crippen molar-refractivity contribution in [3.8, 4) is 0 Å². The lowest BCUT2D eigenvalue weighted by atomic mass is 9.43. The van der Waals surface area contributed by atoms with Crippen LogP contribution in [0.4, 0.5) is 0 Å². The number of hydrogen-bond donors (Lipinski definition) is 2. The summed E-state index contributed by atoms with van der Waals surface area (Å²) in [5.74, 6) is -2.95. The van der Waals surface area contributed by atoms with Gasteiger partial charge in [-0.2, -0.15) is 0 Å². The second-order valence-corrected chi connectivity index (χ2v) is 14.3. The number of aliphatic hydroxyl groups is 2. The highest BCUT2D eigenvalue weighted by atomic mass is 16.6. The fourth-order valence-corrected chi connectivity index (χ4v) is 12.4. The van der Waals surface area contributed by atoms with Crippen LogP contribution in [-0.4, -0.2) is 123 Å². The van der Waals surface area contributed by atoms with Crippen molar-refractivity contribution in [2.24, 2.45) is 34.5 Å². The number of benzene rings is 1. The van der Waals surface area contributed by atoms with E-state index in [1.165, 1.54) is 14.0 Å². The molecule has 0 aromatic heterocycles. The van der Waals surface area contributed by atoms with Gasteiger partial charge in [-0.1, -0.05) is 25.1 Å². The Bertz CT molecular complexity index is 1330. The number of ether oxygens (including phenoxy) is 6. The van der Waals surface area contributed by atoms with E-state index in [0.717, 1.165) is 19.4 Å². The molecule has 1 saturated heterocycles. The predicted octanol–water partition coefficient (Wildman–Crippen LogP) is 1.68. The van der Waals surface area contributed by atoms with Crippen LogP contribution in [0.3, 0.4) is 0 Å². The van der Waals surface area contributed by atoms with Gasteiger partial charge in [0.25, 0.3) is 0 Å². The maximum Gasteiger partial charge on any atom is 0.338 e. The Balaban J connectivity index is 1.52. The number of piperidine rings is 1. The van der Waals surface area contributed by atoms with E-state index >= 15 is 0 Å². The van der Waals surface area contributed by atoms with Gasteiger partial charge in [0.2, 0.25) is 0 Å². The zero-order valence-corrected chi connectivity index (χ0v) is 27.0. The van der Waals surface area contributed by atoms with E-state index in [9.17, 15) is 19.8 Å². The van der Waals surface area contributed by atoms with Crippen LogP contribution in [-0.2, 0) is 33.2 Å². The van der Waals surface area contributed by atoms with Gasteiger partial charge < -0.3 is 38.6 Å². The van der Waals surface area contributed by atoms with Crippen molar-refractivity contribution in [2.45, 2.75) is 80.9 Å². The Morgan fingerprint density at radius 2 is 1.76 bits per heavy atom. The molecule has 0 amide bonds.